The van der Waals surface area contributed by atoms with Crippen LogP contribution in [0.1, 0.15) is 36.4 Å². The highest BCUT2D eigenvalue weighted by atomic mass is 31.1. The van der Waals surface area contributed by atoms with Crippen LogP contribution in [0.2, 0.25) is 0 Å². The molecule has 3 aromatic rings. The van der Waals surface area contributed by atoms with Gasteiger partial charge in [0, 0.05) is 17.0 Å². The minimum absolute atomic E-state index is 0.112. The number of pyridine rings is 1. The molecule has 0 aliphatic heterocycles. The van der Waals surface area contributed by atoms with Gasteiger partial charge in [-0.05, 0) is 53.5 Å². The summed E-state index contributed by atoms with van der Waals surface area (Å²) in [4.78, 5) is 17.9. The summed E-state index contributed by atoms with van der Waals surface area (Å²) >= 11 is 0. The van der Waals surface area contributed by atoms with Crippen LogP contribution in [-0.2, 0) is 13.9 Å². The van der Waals surface area contributed by atoms with Crippen molar-refractivity contribution in [3.63, 3.8) is 0 Å². The van der Waals surface area contributed by atoms with E-state index >= 15 is 0 Å². The standard InChI is InChI=1S/C28H26FNO5P/c1-4-23(36(33)34-3)22(31)16-24(32)35-28-25(18-12-14-21(29)15-13-18)17(2)26(19-8-6-5-7-9-19)30-27(28)20-10-11-20/h1,5-9,12-15,20,22-23,31H,10-11,16H2,2-3H3/q+1. The quantitative estimate of drug-likeness (QED) is 0.225. The number of esters is 1. The van der Waals surface area contributed by atoms with Crippen LogP contribution < -0.4 is 4.74 Å². The van der Waals surface area contributed by atoms with Gasteiger partial charge in [0.1, 0.15) is 11.9 Å². The Bertz CT molecular complexity index is 1320. The summed E-state index contributed by atoms with van der Waals surface area (Å²) in [5, 5.41) is 10.4. The lowest BCUT2D eigenvalue weighted by molar-refractivity contribution is -0.136. The molecule has 0 spiro atoms. The summed E-state index contributed by atoms with van der Waals surface area (Å²) in [6, 6.07) is 15.6. The van der Waals surface area contributed by atoms with Crippen LogP contribution >= 0.6 is 8.03 Å². The summed E-state index contributed by atoms with van der Waals surface area (Å²) in [6.07, 6.45) is 5.29. The molecule has 0 saturated heterocycles. The summed E-state index contributed by atoms with van der Waals surface area (Å²) in [5.41, 5.74) is 3.21. The van der Waals surface area contributed by atoms with Crippen molar-refractivity contribution in [3.05, 3.63) is 71.7 Å². The first-order chi connectivity index (χ1) is 17.3. The average Bonchev–Trinajstić information content (AvgIpc) is 3.71. The van der Waals surface area contributed by atoms with Crippen molar-refractivity contribution in [1.82, 2.24) is 4.98 Å². The van der Waals surface area contributed by atoms with Gasteiger partial charge in [-0.15, -0.1) is 10.9 Å². The highest BCUT2D eigenvalue weighted by molar-refractivity contribution is 7.40. The molecule has 0 bridgehead atoms. The number of rotatable bonds is 9. The van der Waals surface area contributed by atoms with Gasteiger partial charge in [0.25, 0.3) is 5.66 Å². The fourth-order valence-electron chi connectivity index (χ4n) is 4.11. The predicted octanol–water partition coefficient (Wildman–Crippen LogP) is 5.79. The van der Waals surface area contributed by atoms with Crippen LogP contribution in [-0.4, -0.2) is 34.9 Å². The molecule has 4 rings (SSSR count). The number of aliphatic hydroxyl groups excluding tert-OH is 1. The number of carbonyl (C=O) groups excluding carboxylic acids is 1. The molecule has 8 heteroatoms. The van der Waals surface area contributed by atoms with Crippen LogP contribution in [0.3, 0.4) is 0 Å². The number of benzene rings is 2. The van der Waals surface area contributed by atoms with Crippen molar-refractivity contribution >= 4 is 14.0 Å². The largest absolute Gasteiger partial charge is 0.526 e. The van der Waals surface area contributed by atoms with Gasteiger partial charge >= 0.3 is 14.0 Å². The molecule has 36 heavy (non-hydrogen) atoms. The molecule has 1 aliphatic rings. The summed E-state index contributed by atoms with van der Waals surface area (Å²) in [6.45, 7) is 1.88. The number of aliphatic hydroxyl groups is 1. The molecule has 1 N–H and O–H groups in total. The molecule has 0 radical (unpaired) electrons. The van der Waals surface area contributed by atoms with Crippen molar-refractivity contribution < 1.29 is 28.1 Å². The number of hydrogen-bond acceptors (Lipinski definition) is 6. The van der Waals surface area contributed by atoms with Crippen LogP contribution in [0, 0.1) is 25.1 Å². The molecule has 2 aromatic carbocycles. The normalized spacial score (nSPS) is 15.0. The maximum absolute atomic E-state index is 13.7. The summed E-state index contributed by atoms with van der Waals surface area (Å²) in [5.74, 6) is 1.49. The predicted molar refractivity (Wildman–Crippen MR) is 135 cm³/mol. The van der Waals surface area contributed by atoms with Crippen molar-refractivity contribution in [2.45, 2.75) is 43.9 Å². The van der Waals surface area contributed by atoms with Crippen LogP contribution in [0.15, 0.2) is 54.6 Å². The van der Waals surface area contributed by atoms with Crippen molar-refractivity contribution in [2.24, 2.45) is 0 Å². The Morgan fingerprint density at radius 2 is 1.86 bits per heavy atom. The third-order valence-electron chi connectivity index (χ3n) is 6.10. The number of halogens is 1. The van der Waals surface area contributed by atoms with Gasteiger partial charge in [-0.3, -0.25) is 4.79 Å². The molecule has 184 valence electrons. The number of nitrogens with zero attached hydrogens (tertiary/aromatic N) is 1. The minimum Gasteiger partial charge on any atom is -0.424 e. The number of ether oxygens (including phenoxy) is 1. The molecule has 3 unspecified atom stereocenters. The summed E-state index contributed by atoms with van der Waals surface area (Å²) in [7, 11) is -1.13. The molecule has 1 aliphatic carbocycles. The Morgan fingerprint density at radius 1 is 1.19 bits per heavy atom. The molecule has 1 heterocycles. The Balaban J connectivity index is 1.79. The SMILES string of the molecule is C#CC(C(O)CC(=O)Oc1c(C2CC2)nc(-c2ccccc2)c(C)c1-c1ccc(F)cc1)[P+](=O)OC. The monoisotopic (exact) mass is 506 g/mol. The van der Waals surface area contributed by atoms with Gasteiger partial charge in [0.05, 0.1) is 24.9 Å². The van der Waals surface area contributed by atoms with Crippen molar-refractivity contribution in [2.75, 3.05) is 7.11 Å². The second kappa shape index (κ2) is 11.1. The fraction of sp³-hybridized carbons (Fsp3) is 0.286. The Labute approximate surface area is 210 Å². The Kier molecular flexibility index (Phi) is 7.91. The number of terminal acetylenes is 1. The third kappa shape index (κ3) is 5.52. The molecular weight excluding hydrogens is 480 g/mol. The lowest BCUT2D eigenvalue weighted by atomic mass is 9.94. The molecule has 3 atom stereocenters. The first-order valence-electron chi connectivity index (χ1n) is 11.5. The second-order valence-corrected chi connectivity index (χ2v) is 10.1. The number of aromatic nitrogens is 1. The van der Waals surface area contributed by atoms with E-state index in [2.05, 4.69) is 5.92 Å². The first kappa shape index (κ1) is 25.7. The smallest absolute Gasteiger partial charge is 0.424 e. The van der Waals surface area contributed by atoms with Gasteiger partial charge in [-0.25, -0.2) is 9.37 Å². The van der Waals surface area contributed by atoms with Crippen LogP contribution in [0.4, 0.5) is 4.39 Å². The van der Waals surface area contributed by atoms with Gasteiger partial charge in [-0.2, -0.15) is 0 Å². The molecule has 1 fully saturated rings. The third-order valence-corrected chi connectivity index (χ3v) is 7.41. The van der Waals surface area contributed by atoms with E-state index < -0.39 is 32.2 Å². The minimum atomic E-state index is -2.35. The molecular formula is C28H26FNO5P+. The van der Waals surface area contributed by atoms with Crippen molar-refractivity contribution in [1.29, 1.82) is 0 Å². The van der Waals surface area contributed by atoms with Gasteiger partial charge in [0.15, 0.2) is 5.75 Å². The number of carbonyl (C=O) groups is 1. The zero-order chi connectivity index (χ0) is 25.8. The highest BCUT2D eigenvalue weighted by Crippen LogP contribution is 2.49. The second-order valence-electron chi connectivity index (χ2n) is 8.65. The lowest BCUT2D eigenvalue weighted by Crippen LogP contribution is -2.27. The van der Waals surface area contributed by atoms with E-state index in [0.717, 1.165) is 29.7 Å². The van der Waals surface area contributed by atoms with E-state index in [1.54, 1.807) is 12.1 Å². The Hall–Kier alpha value is -3.43. The lowest BCUT2D eigenvalue weighted by Gasteiger charge is -2.20. The van der Waals surface area contributed by atoms with E-state index in [1.807, 2.05) is 37.3 Å². The fourth-order valence-corrected chi connectivity index (χ4v) is 4.85. The first-order valence-corrected chi connectivity index (χ1v) is 12.8. The Morgan fingerprint density at radius 3 is 2.44 bits per heavy atom. The summed E-state index contributed by atoms with van der Waals surface area (Å²) < 4.78 is 36.3. The van der Waals surface area contributed by atoms with Gasteiger partial charge < -0.3 is 9.84 Å². The van der Waals surface area contributed by atoms with Crippen molar-refractivity contribution in [3.8, 4) is 40.5 Å². The zero-order valence-corrected chi connectivity index (χ0v) is 20.9. The highest BCUT2D eigenvalue weighted by Gasteiger charge is 2.39. The van der Waals surface area contributed by atoms with E-state index in [4.69, 9.17) is 20.7 Å². The molecule has 0 amide bonds. The molecule has 1 saturated carbocycles. The topological polar surface area (TPSA) is 85.7 Å². The van der Waals surface area contributed by atoms with Crippen LogP contribution in [0.5, 0.6) is 5.75 Å². The molecule has 6 nitrogen and oxygen atoms in total. The van der Waals surface area contributed by atoms with E-state index in [9.17, 15) is 18.9 Å². The molecule has 1 aromatic heterocycles. The van der Waals surface area contributed by atoms with E-state index in [1.165, 1.54) is 19.2 Å². The maximum atomic E-state index is 13.7. The maximum Gasteiger partial charge on any atom is 0.526 e. The zero-order valence-electron chi connectivity index (χ0n) is 20.0. The average molecular weight is 506 g/mol. The van der Waals surface area contributed by atoms with Gasteiger partial charge in [0.2, 0.25) is 0 Å². The number of hydrogen-bond donors (Lipinski definition) is 1. The van der Waals surface area contributed by atoms with E-state index in [0.29, 0.717) is 16.8 Å². The van der Waals surface area contributed by atoms with Gasteiger partial charge in [-0.1, -0.05) is 42.5 Å². The van der Waals surface area contributed by atoms with E-state index in [-0.39, 0.29) is 17.5 Å². The van der Waals surface area contributed by atoms with Crippen LogP contribution in [0.25, 0.3) is 22.4 Å².